The van der Waals surface area contributed by atoms with Gasteiger partial charge in [0.05, 0.1) is 0 Å². The summed E-state index contributed by atoms with van der Waals surface area (Å²) in [4.78, 5) is 0. The minimum Gasteiger partial charge on any atom is -0.412 e. The maximum atomic E-state index is 5.50. The molecular weight excluding hydrogens is 1490 g/mol. The Balaban J connectivity index is -0.00000000530. The molecular formula is C14H53MoNO18W5+. The average Bonchev–Trinajstić information content (AvgIpc) is 2.26. The zero-order valence-electron chi connectivity index (χ0n) is 21.3. The van der Waals surface area contributed by atoms with Gasteiger partial charge in [0.1, 0.15) is 0 Å². The van der Waals surface area contributed by atoms with Gasteiger partial charge in [-0.1, -0.05) is 0 Å². The third-order valence-electron chi connectivity index (χ3n) is 2.67. The van der Waals surface area contributed by atoms with Crippen molar-refractivity contribution in [3.8, 4) is 12.3 Å². The summed E-state index contributed by atoms with van der Waals surface area (Å²) in [6.45, 7) is 8.70. The van der Waals surface area contributed by atoms with Crippen LogP contribution in [0.4, 0.5) is 5.69 Å². The third kappa shape index (κ3) is 64.1. The summed E-state index contributed by atoms with van der Waals surface area (Å²) in [5.41, 5.74) is 4.59. The molecule has 36 N–H and O–H groups in total. The normalized spacial score (nSPS) is 4.21. The zero-order chi connectivity index (χ0) is 12.3. The number of hydrogen-bond donors (Lipinski definition) is 0. The number of nitrogens with zero attached hydrogens (tertiary/aromatic N) is 1. The van der Waals surface area contributed by atoms with Crippen molar-refractivity contribution in [2.24, 2.45) is 0 Å². The Kier molecular flexibility index (Phi) is 551. The Bertz CT molecular complexity index is 499. The predicted molar refractivity (Wildman–Crippen MR) is 131 cm³/mol. The van der Waals surface area contributed by atoms with Gasteiger partial charge < -0.3 is 98.6 Å². The van der Waals surface area contributed by atoms with Crippen molar-refractivity contribution in [2.45, 2.75) is 39.5 Å². The summed E-state index contributed by atoms with van der Waals surface area (Å²) < 4.78 is 4.43. The van der Waals surface area contributed by atoms with E-state index in [1.54, 1.807) is 19.4 Å². The second-order valence-corrected chi connectivity index (χ2v) is 5.00. The molecule has 0 aliphatic rings. The van der Waals surface area contributed by atoms with Crippen molar-refractivity contribution in [1.29, 1.82) is 0 Å². The molecule has 0 saturated heterocycles. The molecule has 0 aliphatic heterocycles. The van der Waals surface area contributed by atoms with Gasteiger partial charge in [0.25, 0.3) is 0 Å². The fourth-order valence-corrected chi connectivity index (χ4v) is 2.27. The maximum Gasteiger partial charge on any atom is 0 e. The molecule has 0 aliphatic carbocycles. The Morgan fingerprint density at radius 3 is 0.795 bits per heavy atom. The van der Waals surface area contributed by atoms with Crippen molar-refractivity contribution < 1.29 is 223 Å². The first-order valence-electron chi connectivity index (χ1n) is 5.49. The van der Waals surface area contributed by atoms with Crippen LogP contribution in [0.5, 0.6) is 0 Å². The molecule has 0 radical (unpaired) electrons. The van der Waals surface area contributed by atoms with Crippen LogP contribution >= 0.6 is 0 Å². The van der Waals surface area contributed by atoms with E-state index in [-0.39, 0.29) is 204 Å². The monoisotopic (exact) mass is 1540 g/mol. The van der Waals surface area contributed by atoms with E-state index in [9.17, 15) is 0 Å². The van der Waals surface area contributed by atoms with Crippen molar-refractivity contribution >= 4 is 5.69 Å². The van der Waals surface area contributed by atoms with Gasteiger partial charge in [-0.05, 0) is 0 Å². The number of rotatable bonds is 2. The van der Waals surface area contributed by atoms with Crippen LogP contribution in [0.25, 0.3) is 3.31 Å². The Hall–Kier alpha value is 1.90. The quantitative estimate of drug-likeness (QED) is 0.197. The minimum atomic E-state index is 0. The predicted octanol–water partition coefficient (Wildman–Crippen LogP) is -10.5. The Labute approximate surface area is 310 Å². The molecule has 1 rings (SSSR count). The second kappa shape index (κ2) is 106. The SMILES string of the molecule is C#Cc1cc(C(C)C)c([N+]#[Mo])c(C(C)C)c1.O.O.O.O.O.O.O.O.O.O.O.O.O.O.O.O.O.O.[W].[W].[W].[W].[W]. The fourth-order valence-electron chi connectivity index (χ4n) is 1.75. The molecule has 1 aromatic carbocycles. The molecule has 39 heavy (non-hydrogen) atoms. The van der Waals surface area contributed by atoms with Crippen LogP contribution in [-0.4, -0.2) is 98.6 Å². The van der Waals surface area contributed by atoms with Crippen molar-refractivity contribution in [2.75, 3.05) is 0 Å². The standard InChI is InChI=1S/C14H17N.Mo.18H2O.5W/c1-6-11-7-12(9(2)3)14(15)13(8-11)10(4)5;;;;;;;;;;;;;;;;;;;;;;;;/h1,7-10H,2-5H3;;18*1H2;;;;;/q+1;;;;;;;;;;;;;;;;;;;;;;;;. The van der Waals surface area contributed by atoms with Gasteiger partial charge in [-0.2, -0.15) is 0 Å². The van der Waals surface area contributed by atoms with Gasteiger partial charge in [0.2, 0.25) is 0 Å². The van der Waals surface area contributed by atoms with E-state index in [4.69, 9.17) is 6.42 Å². The van der Waals surface area contributed by atoms with Gasteiger partial charge in [-0.25, -0.2) is 0 Å². The van der Waals surface area contributed by atoms with Crippen LogP contribution < -0.4 is 0 Å². The molecule has 0 spiro atoms. The van der Waals surface area contributed by atoms with Gasteiger partial charge in [0.15, 0.2) is 0 Å². The summed E-state index contributed by atoms with van der Waals surface area (Å²) in [6, 6.07) is 4.17. The molecule has 0 heterocycles. The van der Waals surface area contributed by atoms with E-state index < -0.39 is 0 Å². The molecule has 0 fully saturated rings. The molecule has 0 unspecified atom stereocenters. The van der Waals surface area contributed by atoms with Crippen LogP contribution in [0.1, 0.15) is 56.2 Å². The Morgan fingerprint density at radius 1 is 0.513 bits per heavy atom. The molecule has 1 aromatic rings. The maximum absolute atomic E-state index is 5.50. The average molecular weight is 1540 g/mol. The number of benzene rings is 1. The molecule has 0 bridgehead atoms. The first kappa shape index (κ1) is 203. The van der Waals surface area contributed by atoms with E-state index in [0.717, 1.165) is 11.3 Å². The molecule has 25 heteroatoms. The molecule has 19 nitrogen and oxygen atoms in total. The molecule has 0 aromatic heterocycles. The first-order valence-corrected chi connectivity index (χ1v) is 6.38. The summed E-state index contributed by atoms with van der Waals surface area (Å²) in [6.07, 6.45) is 5.50. The largest absolute Gasteiger partial charge is 0.412 e. The van der Waals surface area contributed by atoms with Crippen molar-refractivity contribution in [1.82, 2.24) is 0 Å². The van der Waals surface area contributed by atoms with Gasteiger partial charge in [-0.3, -0.25) is 0 Å². The number of terminal acetylenes is 1. The molecule has 0 atom stereocenters. The number of hydrogen-bond acceptors (Lipinski definition) is 0. The van der Waals surface area contributed by atoms with E-state index in [1.165, 1.54) is 11.1 Å². The summed E-state index contributed by atoms with van der Waals surface area (Å²) in [5, 5.41) is 0. The van der Waals surface area contributed by atoms with Crippen LogP contribution in [-0.2, 0) is 125 Å². The first-order chi connectivity index (χ1) is 7.51. The van der Waals surface area contributed by atoms with Crippen molar-refractivity contribution in [3.05, 3.63) is 32.1 Å². The van der Waals surface area contributed by atoms with Crippen molar-refractivity contribution in [3.63, 3.8) is 0 Å². The fraction of sp³-hybridized carbons (Fsp3) is 0.429. The van der Waals surface area contributed by atoms with Crippen LogP contribution in [0.3, 0.4) is 0 Å². The zero-order valence-corrected chi connectivity index (χ0v) is 38.0. The van der Waals surface area contributed by atoms with E-state index in [0.29, 0.717) is 11.8 Å². The topological polar surface area (TPSA) is 571 Å². The molecule has 0 saturated carbocycles. The smallest absolute Gasteiger partial charge is 0 e. The third-order valence-corrected chi connectivity index (χ3v) is 3.12. The summed E-state index contributed by atoms with van der Waals surface area (Å²) in [7, 11) is 0. The summed E-state index contributed by atoms with van der Waals surface area (Å²) in [5.74, 6) is 3.63. The van der Waals surface area contributed by atoms with Crippen LogP contribution in [0, 0.1) is 12.3 Å². The second-order valence-electron chi connectivity index (χ2n) is 4.55. The minimum absolute atomic E-state index is 0. The molecule has 0 amide bonds. The van der Waals surface area contributed by atoms with Crippen LogP contribution in [0.2, 0.25) is 0 Å². The van der Waals surface area contributed by atoms with E-state index >= 15 is 0 Å². The molecule has 257 valence electrons. The summed E-state index contributed by atoms with van der Waals surface area (Å²) >= 11 is 1.78. The van der Waals surface area contributed by atoms with Gasteiger partial charge in [-0.15, -0.1) is 0 Å². The van der Waals surface area contributed by atoms with Crippen LogP contribution in [0.15, 0.2) is 12.1 Å². The Morgan fingerprint density at radius 2 is 0.692 bits per heavy atom. The van der Waals surface area contributed by atoms with Gasteiger partial charge in [0, 0.05) is 105 Å². The van der Waals surface area contributed by atoms with Gasteiger partial charge >= 0.3 is 109 Å². The van der Waals surface area contributed by atoms with E-state index in [1.807, 2.05) is 0 Å². The van der Waals surface area contributed by atoms with E-state index in [2.05, 4.69) is 49.1 Å².